The van der Waals surface area contributed by atoms with Crippen LogP contribution in [0.25, 0.3) is 0 Å². The van der Waals surface area contributed by atoms with Gasteiger partial charge >= 0.3 is 23.3 Å². The summed E-state index contributed by atoms with van der Waals surface area (Å²) < 4.78 is 149. The SMILES string of the molecule is COc1ccc([C@@H]2[C@@H]3C=C[C@@H](C3)[C@@]2(C#N)S(=O)(=O)C(F)(F)C(F)(F)C(F)(F)C(F)(F)F)cc1. The molecule has 2 aliphatic carbocycles. The zero-order valence-corrected chi connectivity index (χ0v) is 17.2. The highest BCUT2D eigenvalue weighted by Gasteiger charge is 2.88. The molecule has 2 aliphatic rings. The van der Waals surface area contributed by atoms with Crippen molar-refractivity contribution >= 4 is 9.84 Å². The van der Waals surface area contributed by atoms with Gasteiger partial charge in [0.2, 0.25) is 9.84 Å². The predicted octanol–water partition coefficient (Wildman–Crippen LogP) is 5.09. The number of nitrogens with zero attached hydrogens (tertiary/aromatic N) is 1. The van der Waals surface area contributed by atoms with Gasteiger partial charge in [-0.05, 0) is 30.0 Å². The monoisotopic (exact) mass is 507 g/mol. The van der Waals surface area contributed by atoms with Crippen molar-refractivity contribution in [3.63, 3.8) is 0 Å². The first-order valence-corrected chi connectivity index (χ1v) is 10.6. The Morgan fingerprint density at radius 3 is 1.97 bits per heavy atom. The topological polar surface area (TPSA) is 67.2 Å². The molecule has 0 spiro atoms. The van der Waals surface area contributed by atoms with E-state index in [1.54, 1.807) is 0 Å². The molecular formula is C19H14F9NO3S. The Labute approximate surface area is 181 Å². The minimum atomic E-state index is -7.41. The van der Waals surface area contributed by atoms with Gasteiger partial charge < -0.3 is 4.74 Å². The van der Waals surface area contributed by atoms with Crippen molar-refractivity contribution in [1.29, 1.82) is 5.26 Å². The van der Waals surface area contributed by atoms with Crippen molar-refractivity contribution in [3.05, 3.63) is 42.0 Å². The fraction of sp³-hybridized carbons (Fsp3) is 0.526. The zero-order chi connectivity index (χ0) is 25.3. The largest absolute Gasteiger partial charge is 0.497 e. The maximum Gasteiger partial charge on any atom is 0.460 e. The maximum atomic E-state index is 14.7. The van der Waals surface area contributed by atoms with Crippen LogP contribution < -0.4 is 4.74 Å². The van der Waals surface area contributed by atoms with Crippen LogP contribution in [0.3, 0.4) is 0 Å². The molecule has 1 fully saturated rings. The van der Waals surface area contributed by atoms with Crippen LogP contribution in [0.15, 0.2) is 36.4 Å². The third-order valence-corrected chi connectivity index (χ3v) is 8.57. The van der Waals surface area contributed by atoms with Gasteiger partial charge in [0.15, 0.2) is 4.75 Å². The van der Waals surface area contributed by atoms with E-state index >= 15 is 0 Å². The molecule has 1 aromatic rings. The van der Waals surface area contributed by atoms with E-state index in [0.29, 0.717) is 0 Å². The van der Waals surface area contributed by atoms with E-state index < -0.39 is 55.6 Å². The Kier molecular flexibility index (Phi) is 5.56. The molecule has 0 N–H and O–H groups in total. The van der Waals surface area contributed by atoms with E-state index in [2.05, 4.69) is 0 Å². The van der Waals surface area contributed by atoms with Gasteiger partial charge in [-0.3, -0.25) is 0 Å². The van der Waals surface area contributed by atoms with Crippen LogP contribution in [0, 0.1) is 23.2 Å². The molecule has 4 atom stereocenters. The Balaban J connectivity index is 2.24. The van der Waals surface area contributed by atoms with Crippen molar-refractivity contribution in [2.24, 2.45) is 11.8 Å². The number of alkyl halides is 9. The molecule has 33 heavy (non-hydrogen) atoms. The summed E-state index contributed by atoms with van der Waals surface area (Å²) in [6, 6.07) is 5.93. The molecule has 0 saturated heterocycles. The summed E-state index contributed by atoms with van der Waals surface area (Å²) in [5, 5.41) is 2.78. The van der Waals surface area contributed by atoms with Crippen LogP contribution in [-0.2, 0) is 9.84 Å². The highest BCUT2D eigenvalue weighted by atomic mass is 32.2. The van der Waals surface area contributed by atoms with Gasteiger partial charge in [-0.25, -0.2) is 8.42 Å². The number of fused-ring (bicyclic) bond motifs is 2. The molecule has 0 aliphatic heterocycles. The third-order valence-electron chi connectivity index (χ3n) is 6.11. The first kappa shape index (κ1) is 25.2. The molecule has 182 valence electrons. The van der Waals surface area contributed by atoms with Gasteiger partial charge in [0.1, 0.15) is 5.75 Å². The lowest BCUT2D eigenvalue weighted by Crippen LogP contribution is -2.67. The number of sulfone groups is 1. The fourth-order valence-electron chi connectivity index (χ4n) is 4.47. The maximum absolute atomic E-state index is 14.7. The number of nitriles is 1. The van der Waals surface area contributed by atoms with E-state index in [-0.39, 0.29) is 17.7 Å². The Morgan fingerprint density at radius 1 is 0.970 bits per heavy atom. The van der Waals surface area contributed by atoms with Gasteiger partial charge in [0.05, 0.1) is 13.2 Å². The summed E-state index contributed by atoms with van der Waals surface area (Å²) in [5.41, 5.74) is -0.0977. The summed E-state index contributed by atoms with van der Waals surface area (Å²) in [6.45, 7) is 0. The quantitative estimate of drug-likeness (QED) is 0.398. The second kappa shape index (κ2) is 7.28. The number of hydrogen-bond donors (Lipinski definition) is 0. The highest BCUT2D eigenvalue weighted by molar-refractivity contribution is 7.94. The second-order valence-electron chi connectivity index (χ2n) is 7.71. The minimum Gasteiger partial charge on any atom is -0.497 e. The molecule has 1 saturated carbocycles. The molecule has 3 rings (SSSR count). The average Bonchev–Trinajstić information content (AvgIpc) is 3.32. The number of hydrogen-bond acceptors (Lipinski definition) is 4. The Hall–Kier alpha value is -2.43. The summed E-state index contributed by atoms with van der Waals surface area (Å²) in [7, 11) is -5.74. The highest BCUT2D eigenvalue weighted by Crippen LogP contribution is 2.64. The lowest BCUT2D eigenvalue weighted by atomic mass is 9.78. The predicted molar refractivity (Wildman–Crippen MR) is 94.6 cm³/mol. The van der Waals surface area contributed by atoms with E-state index in [9.17, 15) is 53.2 Å². The molecule has 2 bridgehead atoms. The average molecular weight is 507 g/mol. The van der Waals surface area contributed by atoms with E-state index in [1.807, 2.05) is 0 Å². The summed E-state index contributed by atoms with van der Waals surface area (Å²) in [4.78, 5) is 0. The third kappa shape index (κ3) is 3.00. The van der Waals surface area contributed by atoms with Gasteiger partial charge in [-0.2, -0.15) is 44.8 Å². The lowest BCUT2D eigenvalue weighted by Gasteiger charge is -2.41. The van der Waals surface area contributed by atoms with Crippen LogP contribution in [0.5, 0.6) is 5.75 Å². The summed E-state index contributed by atoms with van der Waals surface area (Å²) in [5.74, 6) is -18.9. The van der Waals surface area contributed by atoms with Crippen molar-refractivity contribution < 1.29 is 52.7 Å². The first-order valence-electron chi connectivity index (χ1n) is 9.12. The number of methoxy groups -OCH3 is 1. The Morgan fingerprint density at radius 2 is 1.52 bits per heavy atom. The standard InChI is InChI=1S/C19H14F9NO3S/c1-32-13-6-3-10(4-7-13)14-11-2-5-12(8-11)15(14,9-29)33(30,31)19(27,28)17(22,23)16(20,21)18(24,25)26/h2-7,11-12,14H,8H2,1H3/t11-,12+,14-,15-/m1/s1. The summed E-state index contributed by atoms with van der Waals surface area (Å²) in [6.07, 6.45) is -5.15. The van der Waals surface area contributed by atoms with Gasteiger partial charge in [-0.15, -0.1) is 0 Å². The van der Waals surface area contributed by atoms with Crippen LogP contribution in [0.4, 0.5) is 39.5 Å². The Bertz CT molecular complexity index is 1110. The number of halogens is 9. The summed E-state index contributed by atoms with van der Waals surface area (Å²) >= 11 is 0. The molecule has 1 aromatic carbocycles. The second-order valence-corrected chi connectivity index (χ2v) is 9.91. The van der Waals surface area contributed by atoms with E-state index in [0.717, 1.165) is 12.1 Å². The van der Waals surface area contributed by atoms with Crippen molar-refractivity contribution in [1.82, 2.24) is 0 Å². The number of allylic oxidation sites excluding steroid dienone is 2. The van der Waals surface area contributed by atoms with Crippen molar-refractivity contribution in [2.75, 3.05) is 7.11 Å². The first-order chi connectivity index (χ1) is 14.9. The molecule has 0 unspecified atom stereocenters. The van der Waals surface area contributed by atoms with Crippen molar-refractivity contribution in [2.45, 2.75) is 40.4 Å². The van der Waals surface area contributed by atoms with Crippen LogP contribution in [-0.4, -0.2) is 43.6 Å². The molecule has 0 aromatic heterocycles. The molecular weight excluding hydrogens is 493 g/mol. The molecule has 4 nitrogen and oxygen atoms in total. The number of rotatable bonds is 6. The zero-order valence-electron chi connectivity index (χ0n) is 16.4. The number of benzene rings is 1. The van der Waals surface area contributed by atoms with Crippen LogP contribution in [0.1, 0.15) is 17.9 Å². The van der Waals surface area contributed by atoms with Crippen LogP contribution in [0.2, 0.25) is 0 Å². The molecule has 0 heterocycles. The smallest absolute Gasteiger partial charge is 0.460 e. The molecule has 0 radical (unpaired) electrons. The molecule has 0 amide bonds. The fourth-order valence-corrected chi connectivity index (χ4v) is 6.70. The van der Waals surface area contributed by atoms with Gasteiger partial charge in [0.25, 0.3) is 0 Å². The van der Waals surface area contributed by atoms with E-state index in [4.69, 9.17) is 4.74 Å². The molecule has 14 heteroatoms. The van der Waals surface area contributed by atoms with Crippen LogP contribution >= 0.6 is 0 Å². The van der Waals surface area contributed by atoms with Gasteiger partial charge in [-0.1, -0.05) is 24.3 Å². The normalized spacial score (nSPS) is 28.1. The minimum absolute atomic E-state index is 0.0977. The van der Waals surface area contributed by atoms with E-state index in [1.165, 1.54) is 37.5 Å². The number of ether oxygens (including phenoxy) is 1. The lowest BCUT2D eigenvalue weighted by molar-refractivity contribution is -0.382. The van der Waals surface area contributed by atoms with Crippen molar-refractivity contribution in [3.8, 4) is 11.8 Å². The van der Waals surface area contributed by atoms with Gasteiger partial charge in [0, 0.05) is 11.8 Å².